The molecule has 6 N–H and O–H groups in total. The zero-order chi connectivity index (χ0) is 12.9. The van der Waals surface area contributed by atoms with Gasteiger partial charge in [-0.15, -0.1) is 0 Å². The smallest absolute Gasteiger partial charge is 0.249 e. The second kappa shape index (κ2) is 6.16. The van der Waals surface area contributed by atoms with Crippen molar-refractivity contribution < 1.29 is 29.7 Å². The third-order valence-corrected chi connectivity index (χ3v) is 1.85. The van der Waals surface area contributed by atoms with Gasteiger partial charge in [-0.1, -0.05) is 0 Å². The molecule has 16 heavy (non-hydrogen) atoms. The Kier molecular flexibility index (Phi) is 5.57. The standard InChI is InChI=1S/C8H14N2O6/c1-3(12)10-4(2-11)5(13)6(14)7(15)8(9)16/h2,4-7,13-15H,1H3,(H2,9,16)(H,10,12)/t4-,5+,6+,7-/m0/s1. The molecule has 4 atom stereocenters. The zero-order valence-corrected chi connectivity index (χ0v) is 8.53. The monoisotopic (exact) mass is 234 g/mol. The Morgan fingerprint density at radius 3 is 2.06 bits per heavy atom. The fraction of sp³-hybridized carbons (Fsp3) is 0.625. The van der Waals surface area contributed by atoms with Crippen LogP contribution < -0.4 is 11.1 Å². The Morgan fingerprint density at radius 1 is 1.25 bits per heavy atom. The first-order valence-corrected chi connectivity index (χ1v) is 4.37. The molecule has 0 aliphatic rings. The van der Waals surface area contributed by atoms with Gasteiger partial charge in [0.05, 0.1) is 0 Å². The molecule has 0 aromatic carbocycles. The summed E-state index contributed by atoms with van der Waals surface area (Å²) in [7, 11) is 0. The van der Waals surface area contributed by atoms with E-state index in [9.17, 15) is 24.6 Å². The van der Waals surface area contributed by atoms with Gasteiger partial charge in [0.2, 0.25) is 11.8 Å². The summed E-state index contributed by atoms with van der Waals surface area (Å²) >= 11 is 0. The summed E-state index contributed by atoms with van der Waals surface area (Å²) in [4.78, 5) is 31.6. The van der Waals surface area contributed by atoms with Crippen molar-refractivity contribution in [3.63, 3.8) is 0 Å². The summed E-state index contributed by atoms with van der Waals surface area (Å²) in [6.45, 7) is 1.10. The van der Waals surface area contributed by atoms with Gasteiger partial charge in [-0.05, 0) is 0 Å². The first kappa shape index (κ1) is 14.5. The minimum atomic E-state index is -2.02. The van der Waals surface area contributed by atoms with E-state index in [2.05, 4.69) is 5.73 Å². The van der Waals surface area contributed by atoms with Gasteiger partial charge in [-0.25, -0.2) is 0 Å². The van der Waals surface area contributed by atoms with E-state index in [1.165, 1.54) is 0 Å². The van der Waals surface area contributed by atoms with Gasteiger partial charge in [-0.2, -0.15) is 0 Å². The molecule has 0 fully saturated rings. The fourth-order valence-corrected chi connectivity index (χ4v) is 1.00. The first-order valence-electron chi connectivity index (χ1n) is 4.37. The Hall–Kier alpha value is -1.51. The average Bonchev–Trinajstić information content (AvgIpc) is 2.22. The van der Waals surface area contributed by atoms with Crippen LogP contribution >= 0.6 is 0 Å². The highest BCUT2D eigenvalue weighted by atomic mass is 16.4. The number of hydrogen-bond donors (Lipinski definition) is 5. The number of carbonyl (C=O) groups excluding carboxylic acids is 3. The Labute approximate surface area is 91.1 Å². The number of hydrogen-bond acceptors (Lipinski definition) is 6. The van der Waals surface area contributed by atoms with Crippen LogP contribution in [0.2, 0.25) is 0 Å². The van der Waals surface area contributed by atoms with Crippen molar-refractivity contribution in [3.8, 4) is 0 Å². The maximum atomic E-state index is 10.6. The summed E-state index contributed by atoms with van der Waals surface area (Å²) in [5, 5.41) is 29.7. The van der Waals surface area contributed by atoms with E-state index >= 15 is 0 Å². The normalized spacial score (nSPS) is 18.0. The lowest BCUT2D eigenvalue weighted by Crippen LogP contribution is -2.55. The van der Waals surface area contributed by atoms with Crippen LogP contribution in [-0.4, -0.2) is 57.8 Å². The number of aliphatic hydroxyl groups is 3. The summed E-state index contributed by atoms with van der Waals surface area (Å²) in [5.74, 6) is -1.86. The SMILES string of the molecule is CC(=O)N[C@@H](C=O)[C@@H](O)[C@@H](O)[C@H](O)C(N)=O. The molecule has 0 unspecified atom stereocenters. The summed E-state index contributed by atoms with van der Waals surface area (Å²) in [6.07, 6.45) is -5.64. The van der Waals surface area contributed by atoms with Crippen molar-refractivity contribution in [2.75, 3.05) is 0 Å². The number of nitrogens with two attached hydrogens (primary N) is 1. The molecule has 92 valence electrons. The van der Waals surface area contributed by atoms with Gasteiger partial charge in [0.25, 0.3) is 0 Å². The summed E-state index contributed by atoms with van der Waals surface area (Å²) in [6, 6.07) is -1.43. The minimum absolute atomic E-state index is 0.170. The van der Waals surface area contributed by atoms with Crippen molar-refractivity contribution in [1.82, 2.24) is 5.32 Å². The molecule has 0 aromatic heterocycles. The van der Waals surface area contributed by atoms with Crippen molar-refractivity contribution in [2.45, 2.75) is 31.3 Å². The molecule has 0 aliphatic heterocycles. The van der Waals surface area contributed by atoms with E-state index in [1.54, 1.807) is 0 Å². The molecule has 0 spiro atoms. The lowest BCUT2D eigenvalue weighted by molar-refractivity contribution is -0.141. The van der Waals surface area contributed by atoms with Gasteiger partial charge < -0.3 is 31.2 Å². The van der Waals surface area contributed by atoms with E-state index in [1.807, 2.05) is 5.32 Å². The topological polar surface area (TPSA) is 150 Å². The van der Waals surface area contributed by atoms with E-state index in [0.717, 1.165) is 6.92 Å². The first-order chi connectivity index (χ1) is 7.31. The summed E-state index contributed by atoms with van der Waals surface area (Å²) in [5.41, 5.74) is 4.68. The molecular weight excluding hydrogens is 220 g/mol. The van der Waals surface area contributed by atoms with Crippen molar-refractivity contribution in [2.24, 2.45) is 5.73 Å². The van der Waals surface area contributed by atoms with Crippen LogP contribution in [0, 0.1) is 0 Å². The average molecular weight is 234 g/mol. The molecule has 0 saturated carbocycles. The lowest BCUT2D eigenvalue weighted by atomic mass is 10.0. The highest BCUT2D eigenvalue weighted by Crippen LogP contribution is 2.03. The highest BCUT2D eigenvalue weighted by Gasteiger charge is 2.34. The molecule has 0 rings (SSSR count). The number of amides is 2. The fourth-order valence-electron chi connectivity index (χ4n) is 1.00. The predicted octanol–water partition coefficient (Wildman–Crippen LogP) is -3.74. The molecule has 2 amide bonds. The minimum Gasteiger partial charge on any atom is -0.388 e. The molecule has 0 heterocycles. The van der Waals surface area contributed by atoms with E-state index in [4.69, 9.17) is 5.11 Å². The molecule has 0 aromatic rings. The van der Waals surface area contributed by atoms with Crippen LogP contribution in [0.15, 0.2) is 0 Å². The maximum Gasteiger partial charge on any atom is 0.249 e. The van der Waals surface area contributed by atoms with E-state index < -0.39 is 36.2 Å². The van der Waals surface area contributed by atoms with E-state index in [0.29, 0.717) is 0 Å². The number of nitrogens with one attached hydrogen (secondary N) is 1. The van der Waals surface area contributed by atoms with Crippen LogP contribution in [-0.2, 0) is 14.4 Å². The number of aldehydes is 1. The van der Waals surface area contributed by atoms with Crippen LogP contribution in [0.3, 0.4) is 0 Å². The van der Waals surface area contributed by atoms with E-state index in [-0.39, 0.29) is 6.29 Å². The maximum absolute atomic E-state index is 10.6. The highest BCUT2D eigenvalue weighted by molar-refractivity contribution is 5.80. The largest absolute Gasteiger partial charge is 0.388 e. The molecule has 8 nitrogen and oxygen atoms in total. The van der Waals surface area contributed by atoms with Crippen LogP contribution in [0.4, 0.5) is 0 Å². The molecule has 0 radical (unpaired) electrons. The van der Waals surface area contributed by atoms with Gasteiger partial charge in [0.1, 0.15) is 24.5 Å². The lowest BCUT2D eigenvalue weighted by Gasteiger charge is -2.25. The molecule has 0 saturated heterocycles. The Morgan fingerprint density at radius 2 is 1.75 bits per heavy atom. The van der Waals surface area contributed by atoms with Gasteiger partial charge in [-0.3, -0.25) is 9.59 Å². The predicted molar refractivity (Wildman–Crippen MR) is 50.9 cm³/mol. The van der Waals surface area contributed by atoms with Gasteiger partial charge in [0, 0.05) is 6.92 Å². The molecule has 0 aliphatic carbocycles. The number of carbonyl (C=O) groups is 3. The number of aliphatic hydroxyl groups excluding tert-OH is 3. The Balaban J connectivity index is 4.60. The number of rotatable bonds is 6. The Bertz CT molecular complexity index is 282. The molecule has 8 heteroatoms. The second-order valence-corrected chi connectivity index (χ2v) is 3.19. The van der Waals surface area contributed by atoms with Crippen molar-refractivity contribution in [3.05, 3.63) is 0 Å². The van der Waals surface area contributed by atoms with Crippen LogP contribution in [0.25, 0.3) is 0 Å². The summed E-state index contributed by atoms with van der Waals surface area (Å²) < 4.78 is 0. The van der Waals surface area contributed by atoms with Crippen LogP contribution in [0.1, 0.15) is 6.92 Å². The third-order valence-electron chi connectivity index (χ3n) is 1.85. The number of primary amides is 1. The quantitative estimate of drug-likeness (QED) is 0.298. The zero-order valence-electron chi connectivity index (χ0n) is 8.53. The van der Waals surface area contributed by atoms with Crippen LogP contribution in [0.5, 0.6) is 0 Å². The third kappa shape index (κ3) is 3.93. The second-order valence-electron chi connectivity index (χ2n) is 3.19. The van der Waals surface area contributed by atoms with Gasteiger partial charge in [0.15, 0.2) is 6.10 Å². The van der Waals surface area contributed by atoms with Crippen molar-refractivity contribution in [1.29, 1.82) is 0 Å². The van der Waals surface area contributed by atoms with Crippen molar-refractivity contribution >= 4 is 18.1 Å². The molecule has 0 bridgehead atoms. The molecular formula is C8H14N2O6. The van der Waals surface area contributed by atoms with Gasteiger partial charge >= 0.3 is 0 Å².